The minimum absolute atomic E-state index is 0. The van der Waals surface area contributed by atoms with E-state index >= 15 is 0 Å². The van der Waals surface area contributed by atoms with Gasteiger partial charge in [-0.1, -0.05) is 0 Å². The number of rotatable bonds is 0. The van der Waals surface area contributed by atoms with Gasteiger partial charge >= 0.3 is 0 Å². The van der Waals surface area contributed by atoms with Crippen molar-refractivity contribution in [2.45, 2.75) is 0 Å². The van der Waals surface area contributed by atoms with Gasteiger partial charge in [-0.05, 0) is 12.2 Å². The van der Waals surface area contributed by atoms with Gasteiger partial charge in [0.25, 0.3) is 0 Å². The molecule has 5 heavy (non-hydrogen) atoms. The maximum absolute atomic E-state index is 4.62. The summed E-state index contributed by atoms with van der Waals surface area (Å²) in [5.74, 6) is 0. The average molecular weight is 266 g/mol. The van der Waals surface area contributed by atoms with Crippen LogP contribution in [0.15, 0.2) is 0 Å². The van der Waals surface area contributed by atoms with Gasteiger partial charge in [-0.3, -0.25) is 0 Å². The van der Waals surface area contributed by atoms with Crippen molar-refractivity contribution in [1.82, 2.24) is 0 Å². The molecular weight excluding hydrogens is 262 g/mol. The van der Waals surface area contributed by atoms with Crippen LogP contribution in [0, 0.1) is 0 Å². The van der Waals surface area contributed by atoms with Gasteiger partial charge < -0.3 is 11.5 Å². The Morgan fingerprint density at radius 3 is 1.40 bits per heavy atom. The molecule has 2 nitrogen and oxygen atoms in total. The summed E-state index contributed by atoms with van der Waals surface area (Å²) in [4.78, 5) is 0. The molecule has 0 heterocycles. The summed E-state index contributed by atoms with van der Waals surface area (Å²) in [6.07, 6.45) is 0. The van der Waals surface area contributed by atoms with Crippen LogP contribution in [0.4, 0.5) is 0 Å². The third kappa shape index (κ3) is 220. The molecule has 0 saturated heterocycles. The van der Waals surface area contributed by atoms with Crippen LogP contribution >= 0.6 is 12.2 Å². The van der Waals surface area contributed by atoms with Gasteiger partial charge in [-0.2, -0.15) is 0 Å². The molecule has 0 aromatic heterocycles. The Balaban J connectivity index is 0. The molecule has 0 saturated carbocycles. The molecular formula is CH4N2OsS. The predicted molar refractivity (Wildman–Crippen MR) is 21.0 cm³/mol. The van der Waals surface area contributed by atoms with Gasteiger partial charge in [-0.25, -0.2) is 0 Å². The van der Waals surface area contributed by atoms with Crippen molar-refractivity contribution < 1.29 is 19.8 Å². The number of nitrogens with two attached hydrogens (primary N) is 2. The first kappa shape index (κ1) is 9.01. The molecule has 0 aromatic rings. The van der Waals surface area contributed by atoms with E-state index in [9.17, 15) is 0 Å². The fourth-order valence-corrected chi connectivity index (χ4v) is 0. The van der Waals surface area contributed by atoms with E-state index in [-0.39, 0.29) is 24.9 Å². The molecule has 0 amide bonds. The van der Waals surface area contributed by atoms with E-state index in [1.54, 1.807) is 0 Å². The van der Waals surface area contributed by atoms with Gasteiger partial charge in [0.05, 0.1) is 0 Å². The molecule has 0 aliphatic rings. The number of hydrogen-bond donors (Lipinski definition) is 2. The van der Waals surface area contributed by atoms with Crippen LogP contribution in [-0.4, -0.2) is 5.11 Å². The van der Waals surface area contributed by atoms with Crippen molar-refractivity contribution >= 4 is 17.3 Å². The summed E-state index contributed by atoms with van der Waals surface area (Å²) in [6, 6.07) is 0. The Bertz CT molecular complexity index is 32.6. The van der Waals surface area contributed by atoms with Crippen molar-refractivity contribution in [2.75, 3.05) is 0 Å². The first-order valence-corrected chi connectivity index (χ1v) is 1.19. The molecule has 0 unspecified atom stereocenters. The molecule has 32 valence electrons. The van der Waals surface area contributed by atoms with E-state index in [2.05, 4.69) is 23.7 Å². The number of thiocarbonyl (C=S) groups is 1. The Kier molecular flexibility index (Phi) is 7.80. The molecule has 0 atom stereocenters. The molecule has 0 aliphatic heterocycles. The molecule has 0 bridgehead atoms. The molecule has 4 heteroatoms. The third-order valence-electron chi connectivity index (χ3n) is 0. The van der Waals surface area contributed by atoms with E-state index in [4.69, 9.17) is 0 Å². The molecule has 0 radical (unpaired) electrons. The molecule has 0 rings (SSSR count). The maximum atomic E-state index is 4.62. The second-order valence-electron chi connectivity index (χ2n) is 0.402. The van der Waals surface area contributed by atoms with Gasteiger partial charge in [0, 0.05) is 19.8 Å². The Labute approximate surface area is 49.0 Å². The van der Waals surface area contributed by atoms with Gasteiger partial charge in [0.1, 0.15) is 0 Å². The summed E-state index contributed by atoms with van der Waals surface area (Å²) in [5, 5.41) is 0.000000000000000222. The van der Waals surface area contributed by atoms with Crippen molar-refractivity contribution in [3.63, 3.8) is 0 Å². The normalized spacial score (nSPS) is 4.80. The predicted octanol–water partition coefficient (Wildman–Crippen LogP) is -0.814. The minimum Gasteiger partial charge on any atom is -0.377 e. The van der Waals surface area contributed by atoms with E-state index in [0.717, 1.165) is 0 Å². The molecule has 0 aromatic carbocycles. The number of hydrogen-bond acceptors (Lipinski definition) is 1. The van der Waals surface area contributed by atoms with Crippen LogP contribution in [0.5, 0.6) is 0 Å². The van der Waals surface area contributed by atoms with Crippen LogP contribution in [0.2, 0.25) is 0 Å². The Morgan fingerprint density at radius 2 is 1.40 bits per heavy atom. The molecule has 0 fully saturated rings. The summed E-state index contributed by atoms with van der Waals surface area (Å²) in [7, 11) is 0. The van der Waals surface area contributed by atoms with Crippen molar-refractivity contribution in [2.24, 2.45) is 11.5 Å². The maximum Gasteiger partial charge on any atom is 0.160 e. The standard InChI is InChI=1S/CH4N2S.Os/c2-1(3)4;/h(H4,2,3,4);. The van der Waals surface area contributed by atoms with Gasteiger partial charge in [0.2, 0.25) is 0 Å². The SMILES string of the molecule is NC(N)=S.[Os]. The zero-order valence-corrected chi connectivity index (χ0v) is 5.77. The van der Waals surface area contributed by atoms with E-state index in [1.807, 2.05) is 0 Å². The average Bonchev–Trinajstić information content (AvgIpc) is 0.811. The Hall–Kier alpha value is 0.326. The summed E-state index contributed by atoms with van der Waals surface area (Å²) in [6.45, 7) is 0. The molecule has 4 N–H and O–H groups in total. The quantitative estimate of drug-likeness (QED) is 0.564. The minimum atomic E-state index is 0. The van der Waals surface area contributed by atoms with Crippen molar-refractivity contribution in [3.8, 4) is 0 Å². The summed E-state index contributed by atoms with van der Waals surface area (Å²) in [5.41, 5.74) is 9.24. The Morgan fingerprint density at radius 1 is 1.40 bits per heavy atom. The van der Waals surface area contributed by atoms with Crippen LogP contribution in [0.1, 0.15) is 0 Å². The fourth-order valence-electron chi connectivity index (χ4n) is 0. The van der Waals surface area contributed by atoms with Crippen LogP contribution < -0.4 is 11.5 Å². The third-order valence-corrected chi connectivity index (χ3v) is 0. The second-order valence-corrected chi connectivity index (χ2v) is 0.874. The van der Waals surface area contributed by atoms with Gasteiger partial charge in [0.15, 0.2) is 5.11 Å². The van der Waals surface area contributed by atoms with Crippen LogP contribution in [-0.2, 0) is 19.8 Å². The zero-order valence-electron chi connectivity index (χ0n) is 2.42. The van der Waals surface area contributed by atoms with E-state index in [1.165, 1.54) is 0 Å². The van der Waals surface area contributed by atoms with Crippen LogP contribution in [0.25, 0.3) is 0 Å². The molecule has 0 aliphatic carbocycles. The van der Waals surface area contributed by atoms with Crippen LogP contribution in [0.3, 0.4) is 0 Å². The zero-order chi connectivity index (χ0) is 3.58. The fraction of sp³-hybridized carbons (Fsp3) is 0. The first-order valence-electron chi connectivity index (χ1n) is 0.781. The first-order chi connectivity index (χ1) is 1.73. The molecule has 0 spiro atoms. The monoisotopic (exact) mass is 268 g/mol. The second kappa shape index (κ2) is 4.33. The van der Waals surface area contributed by atoms with Crippen molar-refractivity contribution in [1.29, 1.82) is 0 Å². The van der Waals surface area contributed by atoms with Gasteiger partial charge in [-0.15, -0.1) is 0 Å². The smallest absolute Gasteiger partial charge is 0.160 e. The summed E-state index contributed by atoms with van der Waals surface area (Å²) < 4.78 is 0. The largest absolute Gasteiger partial charge is 0.377 e. The summed E-state index contributed by atoms with van der Waals surface area (Å²) >= 11 is 4.09. The van der Waals surface area contributed by atoms with E-state index in [0.29, 0.717) is 0 Å². The van der Waals surface area contributed by atoms with E-state index < -0.39 is 0 Å². The topological polar surface area (TPSA) is 52.0 Å². The van der Waals surface area contributed by atoms with Crippen molar-refractivity contribution in [3.05, 3.63) is 0 Å².